The number of non-ortho nitro benzene ring substituents is 1. The SMILES string of the molecule is C=CCOC12Oc3ccc(Oc4cccc([N+](=O)[O-])c4)cc3C3C(CCCCO)C(CCCCO)C=C(C(=NOC)CC1N(Cc1ccc4c(c1)OCO4)C(=O)OCCOCc1ccccc1)C32. The predicted molar refractivity (Wildman–Crippen MR) is 251 cm³/mol. The van der Waals surface area contributed by atoms with E-state index in [9.17, 15) is 25.1 Å². The van der Waals surface area contributed by atoms with Gasteiger partial charge in [0, 0.05) is 43.7 Å². The van der Waals surface area contributed by atoms with Crippen LogP contribution in [-0.2, 0) is 32.2 Å². The van der Waals surface area contributed by atoms with E-state index in [4.69, 9.17) is 38.0 Å². The molecular formula is C52H59N3O13. The summed E-state index contributed by atoms with van der Waals surface area (Å²) in [7, 11) is 1.49. The molecule has 16 nitrogen and oxygen atoms in total. The number of benzene rings is 4. The van der Waals surface area contributed by atoms with Crippen molar-refractivity contribution >= 4 is 17.5 Å². The fourth-order valence-corrected chi connectivity index (χ4v) is 10.2. The van der Waals surface area contributed by atoms with E-state index in [2.05, 4.69) is 17.8 Å². The molecule has 6 unspecified atom stereocenters. The van der Waals surface area contributed by atoms with Crippen molar-refractivity contribution in [3.8, 4) is 28.7 Å². The lowest BCUT2D eigenvalue weighted by Crippen LogP contribution is -2.70. The molecule has 1 amide bonds. The lowest BCUT2D eigenvalue weighted by molar-refractivity contribution is -0.384. The first-order chi connectivity index (χ1) is 33.3. The van der Waals surface area contributed by atoms with Crippen LogP contribution in [0.3, 0.4) is 0 Å². The third-order valence-electron chi connectivity index (χ3n) is 13.1. The number of nitro groups is 1. The number of amides is 1. The number of ether oxygens (including phenoxy) is 7. The molecule has 0 spiro atoms. The van der Waals surface area contributed by atoms with E-state index < -0.39 is 28.8 Å². The van der Waals surface area contributed by atoms with Crippen LogP contribution in [-0.4, -0.2) is 90.6 Å². The highest BCUT2D eigenvalue weighted by Crippen LogP contribution is 2.62. The number of aliphatic hydroxyl groups excluding tert-OH is 2. The monoisotopic (exact) mass is 933 g/mol. The molecule has 8 rings (SSSR count). The fraction of sp³-hybridized carbons (Fsp3) is 0.423. The van der Waals surface area contributed by atoms with Crippen LogP contribution in [0.2, 0.25) is 0 Å². The second-order valence-corrected chi connectivity index (χ2v) is 17.3. The van der Waals surface area contributed by atoms with Gasteiger partial charge < -0.3 is 48.2 Å². The molecule has 4 aromatic carbocycles. The van der Waals surface area contributed by atoms with E-state index in [1.165, 1.54) is 19.2 Å². The number of carbonyl (C=O) groups is 1. The van der Waals surface area contributed by atoms with Gasteiger partial charge in [-0.25, -0.2) is 4.79 Å². The van der Waals surface area contributed by atoms with Crippen molar-refractivity contribution in [3.05, 3.63) is 142 Å². The molecule has 0 aromatic heterocycles. The van der Waals surface area contributed by atoms with Crippen molar-refractivity contribution in [2.45, 2.75) is 75.8 Å². The molecule has 4 aromatic rings. The Morgan fingerprint density at radius 3 is 2.47 bits per heavy atom. The number of oxime groups is 1. The Morgan fingerprint density at radius 1 is 0.912 bits per heavy atom. The molecule has 0 saturated heterocycles. The molecule has 68 heavy (non-hydrogen) atoms. The zero-order chi connectivity index (χ0) is 47.5. The van der Waals surface area contributed by atoms with Gasteiger partial charge in [-0.3, -0.25) is 15.0 Å². The molecule has 0 bridgehead atoms. The highest BCUT2D eigenvalue weighted by atomic mass is 16.7. The Kier molecular flexibility index (Phi) is 15.9. The maximum atomic E-state index is 15.0. The average molecular weight is 934 g/mol. The number of aliphatic hydroxyl groups is 2. The summed E-state index contributed by atoms with van der Waals surface area (Å²) >= 11 is 0. The van der Waals surface area contributed by atoms with Crippen molar-refractivity contribution in [2.24, 2.45) is 22.9 Å². The van der Waals surface area contributed by atoms with E-state index in [-0.39, 0.29) is 76.2 Å². The molecule has 2 aliphatic heterocycles. The Labute approximate surface area is 395 Å². The van der Waals surface area contributed by atoms with Gasteiger partial charge in [-0.2, -0.15) is 0 Å². The molecule has 0 radical (unpaired) electrons. The summed E-state index contributed by atoms with van der Waals surface area (Å²) in [6.45, 7) is 4.77. The minimum absolute atomic E-state index is 0.00918. The normalized spacial score (nSPS) is 22.5. The number of rotatable bonds is 23. The van der Waals surface area contributed by atoms with E-state index in [1.54, 1.807) is 29.2 Å². The zero-order valence-corrected chi connectivity index (χ0v) is 38.2. The van der Waals surface area contributed by atoms with Crippen molar-refractivity contribution in [1.82, 2.24) is 4.90 Å². The number of hydrogen-bond acceptors (Lipinski definition) is 14. The average Bonchev–Trinajstić information content (AvgIpc) is 3.83. The summed E-state index contributed by atoms with van der Waals surface area (Å²) in [5, 5.41) is 36.3. The van der Waals surface area contributed by atoms with Crippen LogP contribution in [0.1, 0.15) is 67.6 Å². The smallest absolute Gasteiger partial charge is 0.410 e. The molecule has 2 heterocycles. The topological polar surface area (TPSA) is 190 Å². The molecule has 360 valence electrons. The van der Waals surface area contributed by atoms with Crippen LogP contribution >= 0.6 is 0 Å². The molecule has 4 aliphatic rings. The van der Waals surface area contributed by atoms with E-state index in [0.29, 0.717) is 53.9 Å². The third kappa shape index (κ3) is 10.6. The Hall–Kier alpha value is -6.46. The lowest BCUT2D eigenvalue weighted by Gasteiger charge is -2.59. The molecule has 2 N–H and O–H groups in total. The largest absolute Gasteiger partial charge is 0.459 e. The summed E-state index contributed by atoms with van der Waals surface area (Å²) in [5.41, 5.74) is 3.90. The Morgan fingerprint density at radius 2 is 1.69 bits per heavy atom. The number of carbonyl (C=O) groups excluding carboxylic acids is 1. The van der Waals surface area contributed by atoms with Gasteiger partial charge in [0.1, 0.15) is 37.0 Å². The van der Waals surface area contributed by atoms with Gasteiger partial charge in [-0.05, 0) is 90.6 Å². The minimum Gasteiger partial charge on any atom is -0.459 e. The first-order valence-corrected chi connectivity index (χ1v) is 23.2. The number of hydrogen-bond donors (Lipinski definition) is 2. The minimum atomic E-state index is -1.57. The predicted octanol–water partition coefficient (Wildman–Crippen LogP) is 9.23. The number of allylic oxidation sites excluding steroid dienone is 1. The second-order valence-electron chi connectivity index (χ2n) is 17.3. The standard InChI is InChI=1S/C52H59N3O13/c1-3-24-66-52-48(54(32-36-18-20-46-47(27-36)65-34-64-46)51(58)63-26-25-62-33-35-12-5-4-6-13-35)31-44(53-61-2)42-28-37(14-7-9-22-56)41(17-8-10-23-57)49(50(42)52)43-30-40(19-21-45(43)68-52)67-39-16-11-15-38(29-39)55(59)60/h3-6,11-13,15-16,18-21,27-30,37,41,48-50,56-57H,1,7-10,14,17,22-26,31-34H2,2H3. The molecule has 1 fully saturated rings. The van der Waals surface area contributed by atoms with Crippen molar-refractivity contribution in [1.29, 1.82) is 0 Å². The van der Waals surface area contributed by atoms with Gasteiger partial charge in [0.15, 0.2) is 11.5 Å². The summed E-state index contributed by atoms with van der Waals surface area (Å²) < 4.78 is 44.2. The molecule has 16 heteroatoms. The number of nitro benzene ring substituents is 1. The number of fused-ring (bicyclic) bond motifs is 3. The van der Waals surface area contributed by atoms with E-state index >= 15 is 0 Å². The van der Waals surface area contributed by atoms with Gasteiger partial charge in [0.05, 0.1) is 42.4 Å². The van der Waals surface area contributed by atoms with E-state index in [1.807, 2.05) is 60.7 Å². The van der Waals surface area contributed by atoms with Crippen LogP contribution in [0.25, 0.3) is 0 Å². The first-order valence-electron chi connectivity index (χ1n) is 23.2. The van der Waals surface area contributed by atoms with Gasteiger partial charge in [-0.1, -0.05) is 72.6 Å². The summed E-state index contributed by atoms with van der Waals surface area (Å²) in [5.74, 6) is -0.215. The first kappa shape index (κ1) is 48.0. The van der Waals surface area contributed by atoms with Gasteiger partial charge in [0.2, 0.25) is 12.6 Å². The molecule has 2 aliphatic carbocycles. The van der Waals surface area contributed by atoms with E-state index in [0.717, 1.165) is 47.9 Å². The zero-order valence-electron chi connectivity index (χ0n) is 38.2. The van der Waals surface area contributed by atoms with Gasteiger partial charge >= 0.3 is 6.09 Å². The highest BCUT2D eigenvalue weighted by Gasteiger charge is 2.65. The third-order valence-corrected chi connectivity index (χ3v) is 13.1. The van der Waals surface area contributed by atoms with Crippen LogP contribution in [0.15, 0.2) is 120 Å². The van der Waals surface area contributed by atoms with Crippen LogP contribution in [0.4, 0.5) is 10.5 Å². The highest BCUT2D eigenvalue weighted by molar-refractivity contribution is 6.03. The summed E-state index contributed by atoms with van der Waals surface area (Å²) in [6, 6.07) is 25.9. The molecule has 6 atom stereocenters. The second kappa shape index (κ2) is 22.6. The summed E-state index contributed by atoms with van der Waals surface area (Å²) in [6.07, 6.45) is 7.60. The van der Waals surface area contributed by atoms with Crippen molar-refractivity contribution in [2.75, 3.05) is 46.9 Å². The van der Waals surface area contributed by atoms with Gasteiger partial charge in [0.25, 0.3) is 5.69 Å². The fourth-order valence-electron chi connectivity index (χ4n) is 10.2. The lowest BCUT2D eigenvalue weighted by atomic mass is 9.55. The van der Waals surface area contributed by atoms with Crippen molar-refractivity contribution in [3.63, 3.8) is 0 Å². The molecule has 1 saturated carbocycles. The maximum Gasteiger partial charge on any atom is 0.410 e. The van der Waals surface area contributed by atoms with Crippen LogP contribution in [0.5, 0.6) is 28.7 Å². The van der Waals surface area contributed by atoms with Crippen LogP contribution < -0.4 is 18.9 Å². The van der Waals surface area contributed by atoms with Gasteiger partial charge in [-0.15, -0.1) is 6.58 Å². The number of unbranched alkanes of at least 4 members (excludes halogenated alkanes) is 2. The maximum absolute atomic E-state index is 15.0. The quantitative estimate of drug-likeness (QED) is 0.0310. The summed E-state index contributed by atoms with van der Waals surface area (Å²) in [4.78, 5) is 33.4. The van der Waals surface area contributed by atoms with Crippen LogP contribution in [0, 0.1) is 27.9 Å². The Balaban J connectivity index is 1.26. The number of nitrogens with zero attached hydrogens (tertiary/aromatic N) is 3. The molecular weight excluding hydrogens is 875 g/mol. The van der Waals surface area contributed by atoms with Crippen molar-refractivity contribution < 1.29 is 57.9 Å². The Bertz CT molecular complexity index is 2450.